The Hall–Kier alpha value is -2.15. The lowest BCUT2D eigenvalue weighted by atomic mass is 10.1. The molecule has 4 nitrogen and oxygen atoms in total. The zero-order valence-electron chi connectivity index (χ0n) is 10.6. The molecule has 0 saturated carbocycles. The van der Waals surface area contributed by atoms with Crippen LogP contribution in [0.5, 0.6) is 11.8 Å². The van der Waals surface area contributed by atoms with Crippen molar-refractivity contribution in [2.24, 2.45) is 5.73 Å². The molecule has 2 aromatic rings. The van der Waals surface area contributed by atoms with Crippen LogP contribution in [0.25, 0.3) is 0 Å². The van der Waals surface area contributed by atoms with Crippen LogP contribution in [0.1, 0.15) is 16.7 Å². The van der Waals surface area contributed by atoms with E-state index in [1.807, 2.05) is 0 Å². The van der Waals surface area contributed by atoms with Gasteiger partial charge in [-0.1, -0.05) is 6.07 Å². The summed E-state index contributed by atoms with van der Waals surface area (Å²) in [6.45, 7) is 1.78. The van der Waals surface area contributed by atoms with Gasteiger partial charge in [-0.05, 0) is 30.2 Å². The van der Waals surface area contributed by atoms with E-state index in [4.69, 9.17) is 10.5 Å². The summed E-state index contributed by atoms with van der Waals surface area (Å²) in [5.74, 6) is -0.349. The Morgan fingerprint density at radius 1 is 1.20 bits per heavy atom. The van der Waals surface area contributed by atoms with Crippen LogP contribution in [-0.2, 0) is 12.7 Å². The van der Waals surface area contributed by atoms with Crippen molar-refractivity contribution in [2.75, 3.05) is 0 Å². The Morgan fingerprint density at radius 3 is 2.40 bits per heavy atom. The second-order valence-corrected chi connectivity index (χ2v) is 4.18. The van der Waals surface area contributed by atoms with Crippen molar-refractivity contribution in [2.45, 2.75) is 19.6 Å². The molecule has 0 unspecified atom stereocenters. The number of rotatable bonds is 3. The van der Waals surface area contributed by atoms with E-state index >= 15 is 0 Å². The van der Waals surface area contributed by atoms with Crippen molar-refractivity contribution in [3.8, 4) is 11.8 Å². The van der Waals surface area contributed by atoms with Gasteiger partial charge >= 0.3 is 12.2 Å². The van der Waals surface area contributed by atoms with Crippen LogP contribution in [0.3, 0.4) is 0 Å². The summed E-state index contributed by atoms with van der Waals surface area (Å²) in [4.78, 5) is 7.63. The number of hydrogen-bond donors (Lipinski definition) is 1. The summed E-state index contributed by atoms with van der Waals surface area (Å²) in [6.07, 6.45) is -1.61. The van der Waals surface area contributed by atoms with Crippen LogP contribution in [0.15, 0.2) is 30.6 Å². The quantitative estimate of drug-likeness (QED) is 0.940. The van der Waals surface area contributed by atoms with Gasteiger partial charge in [-0.15, -0.1) is 0 Å². The van der Waals surface area contributed by atoms with Gasteiger partial charge in [0.05, 0.1) is 5.56 Å². The molecule has 1 heterocycles. The lowest BCUT2D eigenvalue weighted by molar-refractivity contribution is -0.138. The molecule has 1 aromatic carbocycles. The molecular weight excluding hydrogens is 271 g/mol. The van der Waals surface area contributed by atoms with Crippen molar-refractivity contribution in [3.05, 3.63) is 47.3 Å². The summed E-state index contributed by atoms with van der Waals surface area (Å²) in [7, 11) is 0. The van der Waals surface area contributed by atoms with E-state index in [0.29, 0.717) is 5.56 Å². The summed E-state index contributed by atoms with van der Waals surface area (Å²) < 4.78 is 44.0. The zero-order chi connectivity index (χ0) is 14.8. The molecule has 0 fully saturated rings. The van der Waals surface area contributed by atoms with Gasteiger partial charge < -0.3 is 10.5 Å². The molecule has 2 N–H and O–H groups in total. The van der Waals surface area contributed by atoms with Gasteiger partial charge in [0.1, 0.15) is 5.75 Å². The average molecular weight is 283 g/mol. The highest BCUT2D eigenvalue weighted by Gasteiger charge is 2.35. The predicted molar refractivity (Wildman–Crippen MR) is 66.2 cm³/mol. The van der Waals surface area contributed by atoms with E-state index in [1.54, 1.807) is 6.92 Å². The fourth-order valence-corrected chi connectivity index (χ4v) is 1.55. The molecule has 106 valence electrons. The minimum absolute atomic E-state index is 0.0182. The standard InChI is InChI=1S/C13H12F3N3O/c1-8-6-18-12(19-7-8)20-11-3-2-9(5-17)4-10(11)13(14,15)16/h2-4,6-7H,5,17H2,1H3. The van der Waals surface area contributed by atoms with Crippen molar-refractivity contribution in [3.63, 3.8) is 0 Å². The Balaban J connectivity index is 2.38. The minimum atomic E-state index is -4.54. The maximum atomic E-state index is 13.0. The van der Waals surface area contributed by atoms with Gasteiger partial charge in [-0.25, -0.2) is 9.97 Å². The highest BCUT2D eigenvalue weighted by molar-refractivity contribution is 5.40. The summed E-state index contributed by atoms with van der Waals surface area (Å²) in [5, 5.41) is 0. The first-order valence-corrected chi connectivity index (χ1v) is 5.77. The largest absolute Gasteiger partial charge is 0.424 e. The molecule has 2 rings (SSSR count). The molecule has 7 heteroatoms. The van der Waals surface area contributed by atoms with Crippen LogP contribution in [0.2, 0.25) is 0 Å². The number of alkyl halides is 3. The lowest BCUT2D eigenvalue weighted by Crippen LogP contribution is -2.09. The number of halogens is 3. The van der Waals surface area contributed by atoms with Crippen molar-refractivity contribution >= 4 is 0 Å². The Morgan fingerprint density at radius 2 is 1.85 bits per heavy atom. The first-order chi connectivity index (χ1) is 9.40. The number of ether oxygens (including phenoxy) is 1. The molecule has 0 atom stereocenters. The maximum absolute atomic E-state index is 13.0. The van der Waals surface area contributed by atoms with Crippen LogP contribution < -0.4 is 10.5 Å². The summed E-state index contributed by atoms with van der Waals surface area (Å²) in [6, 6.07) is 3.51. The van der Waals surface area contributed by atoms with E-state index in [9.17, 15) is 13.2 Å². The molecule has 0 radical (unpaired) electrons. The summed E-state index contributed by atoms with van der Waals surface area (Å²) in [5.41, 5.74) is 5.60. The van der Waals surface area contributed by atoms with Crippen molar-refractivity contribution in [1.82, 2.24) is 9.97 Å². The van der Waals surface area contributed by atoms with Crippen LogP contribution in [-0.4, -0.2) is 9.97 Å². The Kier molecular flexibility index (Phi) is 3.89. The van der Waals surface area contributed by atoms with Crippen molar-refractivity contribution < 1.29 is 17.9 Å². The average Bonchev–Trinajstić information content (AvgIpc) is 2.40. The smallest absolute Gasteiger partial charge is 0.419 e. The molecule has 0 amide bonds. The van der Waals surface area contributed by atoms with E-state index in [-0.39, 0.29) is 18.3 Å². The monoisotopic (exact) mass is 283 g/mol. The van der Waals surface area contributed by atoms with Gasteiger partial charge in [-0.3, -0.25) is 0 Å². The van der Waals surface area contributed by atoms with Crippen LogP contribution in [0, 0.1) is 6.92 Å². The van der Waals surface area contributed by atoms with Crippen LogP contribution >= 0.6 is 0 Å². The van der Waals surface area contributed by atoms with E-state index in [0.717, 1.165) is 11.6 Å². The molecule has 20 heavy (non-hydrogen) atoms. The minimum Gasteiger partial charge on any atom is -0.424 e. The predicted octanol–water partition coefficient (Wildman–Crippen LogP) is 3.05. The number of nitrogens with zero attached hydrogens (tertiary/aromatic N) is 2. The highest BCUT2D eigenvalue weighted by atomic mass is 19.4. The van der Waals surface area contributed by atoms with Crippen LogP contribution in [0.4, 0.5) is 13.2 Å². The number of aryl methyl sites for hydroxylation is 1. The second-order valence-electron chi connectivity index (χ2n) is 4.18. The first kappa shape index (κ1) is 14.3. The Bertz CT molecular complexity index is 597. The third-order valence-electron chi connectivity index (χ3n) is 2.54. The van der Waals surface area contributed by atoms with E-state index < -0.39 is 11.7 Å². The zero-order valence-corrected chi connectivity index (χ0v) is 10.6. The molecule has 0 aliphatic heterocycles. The summed E-state index contributed by atoms with van der Waals surface area (Å²) >= 11 is 0. The van der Waals surface area contributed by atoms with Gasteiger partial charge in [0, 0.05) is 18.9 Å². The highest BCUT2D eigenvalue weighted by Crippen LogP contribution is 2.38. The van der Waals surface area contributed by atoms with Crippen molar-refractivity contribution in [1.29, 1.82) is 0 Å². The van der Waals surface area contributed by atoms with E-state index in [2.05, 4.69) is 9.97 Å². The molecule has 0 saturated heterocycles. The number of aromatic nitrogens is 2. The molecule has 0 bridgehead atoms. The number of hydrogen-bond acceptors (Lipinski definition) is 4. The molecular formula is C13H12F3N3O. The topological polar surface area (TPSA) is 61.0 Å². The van der Waals surface area contributed by atoms with Gasteiger partial charge in [-0.2, -0.15) is 13.2 Å². The SMILES string of the molecule is Cc1cnc(Oc2ccc(CN)cc2C(F)(F)F)nc1. The van der Waals surface area contributed by atoms with Gasteiger partial charge in [0.2, 0.25) is 0 Å². The second kappa shape index (κ2) is 5.46. The lowest BCUT2D eigenvalue weighted by Gasteiger charge is -2.13. The molecule has 1 aromatic heterocycles. The van der Waals surface area contributed by atoms with Gasteiger partial charge in [0.15, 0.2) is 0 Å². The fourth-order valence-electron chi connectivity index (χ4n) is 1.55. The third-order valence-corrected chi connectivity index (χ3v) is 2.54. The first-order valence-electron chi connectivity index (χ1n) is 5.77. The normalized spacial score (nSPS) is 11.4. The molecule has 0 aliphatic carbocycles. The Labute approximate surface area is 113 Å². The number of nitrogens with two attached hydrogens (primary N) is 1. The molecule has 0 spiro atoms. The van der Waals surface area contributed by atoms with Gasteiger partial charge in [0.25, 0.3) is 0 Å². The number of benzene rings is 1. The van der Waals surface area contributed by atoms with E-state index in [1.165, 1.54) is 24.5 Å². The fraction of sp³-hybridized carbons (Fsp3) is 0.231. The third kappa shape index (κ3) is 3.24. The molecule has 0 aliphatic rings. The maximum Gasteiger partial charge on any atom is 0.419 e.